The van der Waals surface area contributed by atoms with E-state index in [0.29, 0.717) is 0 Å². The predicted molar refractivity (Wildman–Crippen MR) is 197 cm³/mol. The van der Waals surface area contributed by atoms with Gasteiger partial charge in [-0.25, -0.2) is 0 Å². The number of benzene rings is 6. The fraction of sp³-hybridized carbons (Fsp3) is 0.0233. The zero-order valence-electron chi connectivity index (χ0n) is 25.4. The van der Waals surface area contributed by atoms with Gasteiger partial charge < -0.3 is 13.5 Å². The van der Waals surface area contributed by atoms with Crippen LogP contribution in [0.2, 0.25) is 0 Å². The van der Waals surface area contributed by atoms with Crippen LogP contribution >= 0.6 is 0 Å². The minimum absolute atomic E-state index is 1.15. The van der Waals surface area contributed by atoms with Crippen LogP contribution in [0.4, 0.5) is 0 Å². The summed E-state index contributed by atoms with van der Waals surface area (Å²) in [6.07, 6.45) is 6.33. The first kappa shape index (κ1) is 25.3. The number of aromatic nitrogens is 3. The lowest BCUT2D eigenvalue weighted by Gasteiger charge is -2.09. The molecule has 216 valence electrons. The van der Waals surface area contributed by atoms with E-state index >= 15 is 0 Å². The van der Waals surface area contributed by atoms with E-state index in [0.717, 1.165) is 16.9 Å². The number of hydrogen-bond donors (Lipinski definition) is 0. The predicted octanol–water partition coefficient (Wildman–Crippen LogP) is 11.6. The van der Waals surface area contributed by atoms with E-state index < -0.39 is 0 Å². The standard InChI is InChI=1S/C43H29N3/c1-3-14-37-29(4-2)33-23-41-35(25-39(33)44(37)27-15-7-5-8-16-27)31-20-13-21-32-36-26-40-34(24-42(36)46(41)43(31)32)30-19-11-12-22-38(30)45(40)28-17-9-6-10-18-28/h3-26H,2H2,1H3/b14-3-. The van der Waals surface area contributed by atoms with Crippen LogP contribution < -0.4 is 0 Å². The number of rotatable bonds is 4. The Bertz CT molecular complexity index is 2860. The molecule has 0 unspecified atom stereocenters. The molecule has 3 heteroatoms. The largest absolute Gasteiger partial charge is 0.309 e. The quantitative estimate of drug-likeness (QED) is 0.194. The van der Waals surface area contributed by atoms with E-state index in [4.69, 9.17) is 0 Å². The van der Waals surface area contributed by atoms with E-state index in [1.165, 1.54) is 76.5 Å². The van der Waals surface area contributed by atoms with Gasteiger partial charge in [0, 0.05) is 54.6 Å². The van der Waals surface area contributed by atoms with Gasteiger partial charge in [0.25, 0.3) is 0 Å². The molecule has 0 aliphatic carbocycles. The smallest absolute Gasteiger partial charge is 0.0620 e. The minimum atomic E-state index is 1.15. The zero-order chi connectivity index (χ0) is 30.5. The second-order valence-corrected chi connectivity index (χ2v) is 12.2. The molecule has 0 atom stereocenters. The van der Waals surface area contributed by atoms with Crippen LogP contribution in [0.15, 0.2) is 140 Å². The summed E-state index contributed by atoms with van der Waals surface area (Å²) in [5.41, 5.74) is 12.0. The van der Waals surface area contributed by atoms with E-state index in [1.54, 1.807) is 0 Å². The summed E-state index contributed by atoms with van der Waals surface area (Å²) in [5, 5.41) is 8.83. The Balaban J connectivity index is 1.38. The summed E-state index contributed by atoms with van der Waals surface area (Å²) >= 11 is 0. The van der Waals surface area contributed by atoms with Crippen LogP contribution in [0, 0.1) is 0 Å². The van der Waals surface area contributed by atoms with Crippen molar-refractivity contribution in [2.45, 2.75) is 6.92 Å². The van der Waals surface area contributed by atoms with Crippen molar-refractivity contribution in [2.75, 3.05) is 0 Å². The molecule has 0 radical (unpaired) electrons. The van der Waals surface area contributed by atoms with Crippen LogP contribution in [0.1, 0.15) is 18.2 Å². The molecule has 0 saturated carbocycles. The number of para-hydroxylation sites is 4. The molecular weight excluding hydrogens is 558 g/mol. The van der Waals surface area contributed by atoms with Gasteiger partial charge in [-0.3, -0.25) is 0 Å². The van der Waals surface area contributed by atoms with E-state index in [9.17, 15) is 0 Å². The molecule has 10 aromatic rings. The van der Waals surface area contributed by atoms with E-state index in [-0.39, 0.29) is 0 Å². The van der Waals surface area contributed by atoms with E-state index in [1.807, 2.05) is 6.08 Å². The third kappa shape index (κ3) is 3.16. The highest BCUT2D eigenvalue weighted by molar-refractivity contribution is 6.27. The zero-order valence-corrected chi connectivity index (χ0v) is 25.4. The Morgan fingerprint density at radius 2 is 1.00 bits per heavy atom. The fourth-order valence-electron chi connectivity index (χ4n) is 8.01. The highest BCUT2D eigenvalue weighted by Gasteiger charge is 2.23. The van der Waals surface area contributed by atoms with Crippen molar-refractivity contribution < 1.29 is 0 Å². The molecule has 10 rings (SSSR count). The monoisotopic (exact) mass is 587 g/mol. The lowest BCUT2D eigenvalue weighted by Crippen LogP contribution is -1.96. The summed E-state index contributed by atoms with van der Waals surface area (Å²) < 4.78 is 7.29. The fourth-order valence-corrected chi connectivity index (χ4v) is 8.01. The number of fused-ring (bicyclic) bond motifs is 10. The van der Waals surface area contributed by atoms with Crippen molar-refractivity contribution in [1.82, 2.24) is 13.5 Å². The van der Waals surface area contributed by atoms with Crippen molar-refractivity contribution in [3.05, 3.63) is 151 Å². The summed E-state index contributed by atoms with van der Waals surface area (Å²) in [4.78, 5) is 0. The average Bonchev–Trinajstić information content (AvgIpc) is 3.81. The Morgan fingerprint density at radius 3 is 1.65 bits per heavy atom. The third-order valence-corrected chi connectivity index (χ3v) is 9.83. The van der Waals surface area contributed by atoms with Gasteiger partial charge in [-0.1, -0.05) is 91.5 Å². The average molecular weight is 588 g/mol. The Kier molecular flexibility index (Phi) is 5.07. The maximum absolute atomic E-state index is 4.28. The highest BCUT2D eigenvalue weighted by Crippen LogP contribution is 2.44. The Labute approximate surface area is 265 Å². The lowest BCUT2D eigenvalue weighted by molar-refractivity contribution is 1.11. The maximum Gasteiger partial charge on any atom is 0.0620 e. The van der Waals surface area contributed by atoms with Gasteiger partial charge in [-0.2, -0.15) is 0 Å². The van der Waals surface area contributed by atoms with Crippen molar-refractivity contribution >= 4 is 83.0 Å². The summed E-state index contributed by atoms with van der Waals surface area (Å²) in [5.74, 6) is 0. The molecule has 0 aliphatic rings. The van der Waals surface area contributed by atoms with Crippen molar-refractivity contribution in [3.8, 4) is 11.4 Å². The first-order chi connectivity index (χ1) is 22.8. The molecule has 0 spiro atoms. The minimum Gasteiger partial charge on any atom is -0.309 e. The van der Waals surface area contributed by atoms with Crippen LogP contribution in [0.3, 0.4) is 0 Å². The Hall–Kier alpha value is -6.06. The van der Waals surface area contributed by atoms with Crippen LogP contribution in [-0.4, -0.2) is 13.5 Å². The summed E-state index contributed by atoms with van der Waals surface area (Å²) in [6, 6.07) is 46.5. The summed E-state index contributed by atoms with van der Waals surface area (Å²) in [7, 11) is 0. The van der Waals surface area contributed by atoms with Crippen molar-refractivity contribution in [3.63, 3.8) is 0 Å². The molecular formula is C43H29N3. The normalized spacial score (nSPS) is 12.5. The molecule has 0 saturated heterocycles. The van der Waals surface area contributed by atoms with Crippen molar-refractivity contribution in [1.29, 1.82) is 0 Å². The molecule has 3 nitrogen and oxygen atoms in total. The maximum atomic E-state index is 4.28. The molecule has 0 amide bonds. The molecule has 46 heavy (non-hydrogen) atoms. The third-order valence-electron chi connectivity index (χ3n) is 9.83. The Morgan fingerprint density at radius 1 is 0.478 bits per heavy atom. The van der Waals surface area contributed by atoms with Gasteiger partial charge >= 0.3 is 0 Å². The molecule has 0 fully saturated rings. The van der Waals surface area contributed by atoms with Gasteiger partial charge in [0.1, 0.15) is 0 Å². The topological polar surface area (TPSA) is 14.3 Å². The van der Waals surface area contributed by atoms with Gasteiger partial charge in [-0.05, 0) is 67.6 Å². The van der Waals surface area contributed by atoms with Crippen LogP contribution in [0.25, 0.3) is 94.3 Å². The van der Waals surface area contributed by atoms with Gasteiger partial charge in [-0.15, -0.1) is 0 Å². The van der Waals surface area contributed by atoms with Crippen LogP contribution in [-0.2, 0) is 0 Å². The first-order valence-corrected chi connectivity index (χ1v) is 15.9. The molecule has 0 N–H and O–H groups in total. The number of allylic oxidation sites excluding steroid dienone is 1. The van der Waals surface area contributed by atoms with Gasteiger partial charge in [0.2, 0.25) is 0 Å². The molecule has 4 heterocycles. The van der Waals surface area contributed by atoms with Crippen LogP contribution in [0.5, 0.6) is 0 Å². The molecule has 0 bridgehead atoms. The van der Waals surface area contributed by atoms with E-state index in [2.05, 4.69) is 167 Å². The second kappa shape index (κ2) is 9.23. The SMILES string of the molecule is C=Cc1c(/C=C\C)n(-c2ccccc2)c2cc3c4cccc5c6cc7c(cc6n(c3cc12)c45)c1ccccc1n7-c1ccccc1. The number of nitrogens with zero attached hydrogens (tertiary/aromatic N) is 3. The first-order valence-electron chi connectivity index (χ1n) is 15.9. The number of hydrogen-bond acceptors (Lipinski definition) is 0. The molecule has 0 aliphatic heterocycles. The lowest BCUT2D eigenvalue weighted by atomic mass is 10.0. The highest BCUT2D eigenvalue weighted by atomic mass is 15.0. The van der Waals surface area contributed by atoms with Crippen molar-refractivity contribution in [2.24, 2.45) is 0 Å². The summed E-state index contributed by atoms with van der Waals surface area (Å²) in [6.45, 7) is 6.35. The molecule has 6 aromatic carbocycles. The van der Waals surface area contributed by atoms with Gasteiger partial charge in [0.05, 0.1) is 38.8 Å². The molecule has 4 aromatic heterocycles. The van der Waals surface area contributed by atoms with Gasteiger partial charge in [0.15, 0.2) is 0 Å². The second-order valence-electron chi connectivity index (χ2n) is 12.2.